The molecule has 238 valence electrons. The Bertz CT molecular complexity index is 989. The lowest BCUT2D eigenvalue weighted by molar-refractivity contribution is 0.0734. The van der Waals surface area contributed by atoms with Gasteiger partial charge in [0.15, 0.2) is 0 Å². The van der Waals surface area contributed by atoms with Crippen molar-refractivity contribution in [3.63, 3.8) is 0 Å². The van der Waals surface area contributed by atoms with Gasteiger partial charge < -0.3 is 14.2 Å². The molecule has 2 aromatic rings. The molecule has 0 unspecified atom stereocenters. The van der Waals surface area contributed by atoms with Crippen molar-refractivity contribution in [1.82, 2.24) is 0 Å². The zero-order chi connectivity index (χ0) is 30.4. The van der Waals surface area contributed by atoms with Gasteiger partial charge in [0.2, 0.25) is 0 Å². The standard InChI is InChI=1S/C39H58O4/c1-3-5-7-8-9-10-11-12-13-15-31-41-36-25-23-35(24-26-36)39(40)43-38-29-27-37(28-30-38)42-32-16-18-34-21-19-33(20-22-34)17-14-6-4-2/h3,23-30,33-34H,1,4-22,31-32H2,2H3. The van der Waals surface area contributed by atoms with Crippen molar-refractivity contribution in [3.8, 4) is 17.2 Å². The predicted octanol–water partition coefficient (Wildman–Crippen LogP) is 11.5. The molecule has 1 saturated carbocycles. The van der Waals surface area contributed by atoms with E-state index in [-0.39, 0.29) is 5.97 Å². The molecule has 0 bridgehead atoms. The van der Waals surface area contributed by atoms with Gasteiger partial charge in [0.1, 0.15) is 17.2 Å². The molecule has 0 amide bonds. The van der Waals surface area contributed by atoms with Crippen molar-refractivity contribution in [2.45, 2.75) is 129 Å². The third-order valence-corrected chi connectivity index (χ3v) is 8.90. The van der Waals surface area contributed by atoms with Gasteiger partial charge >= 0.3 is 5.97 Å². The van der Waals surface area contributed by atoms with Gasteiger partial charge in [-0.05, 0) is 92.5 Å². The quantitative estimate of drug-likeness (QED) is 0.0559. The van der Waals surface area contributed by atoms with Crippen LogP contribution in [0.3, 0.4) is 0 Å². The average molecular weight is 591 g/mol. The van der Waals surface area contributed by atoms with E-state index in [1.165, 1.54) is 103 Å². The minimum atomic E-state index is -0.371. The summed E-state index contributed by atoms with van der Waals surface area (Å²) in [6, 6.07) is 14.6. The Kier molecular flexibility index (Phi) is 17.7. The van der Waals surface area contributed by atoms with Crippen molar-refractivity contribution in [2.75, 3.05) is 13.2 Å². The fourth-order valence-electron chi connectivity index (χ4n) is 6.15. The molecule has 0 N–H and O–H groups in total. The highest BCUT2D eigenvalue weighted by Gasteiger charge is 2.20. The molecule has 0 aromatic heterocycles. The molecule has 43 heavy (non-hydrogen) atoms. The zero-order valence-corrected chi connectivity index (χ0v) is 27.0. The Hall–Kier alpha value is -2.75. The number of unbranched alkanes of at least 4 members (excludes halogenated alkanes) is 10. The number of rotatable bonds is 23. The molecule has 0 atom stereocenters. The number of ether oxygens (including phenoxy) is 3. The number of esters is 1. The fourth-order valence-corrected chi connectivity index (χ4v) is 6.15. The number of allylic oxidation sites excluding steroid dienone is 1. The summed E-state index contributed by atoms with van der Waals surface area (Å²) < 4.78 is 17.4. The second-order valence-corrected chi connectivity index (χ2v) is 12.5. The van der Waals surface area contributed by atoms with Gasteiger partial charge in [0, 0.05) is 0 Å². The first-order valence-electron chi connectivity index (χ1n) is 17.5. The Morgan fingerprint density at radius 2 is 1.14 bits per heavy atom. The van der Waals surface area contributed by atoms with E-state index in [4.69, 9.17) is 14.2 Å². The summed E-state index contributed by atoms with van der Waals surface area (Å²) in [6.45, 7) is 7.51. The lowest BCUT2D eigenvalue weighted by atomic mass is 9.78. The van der Waals surface area contributed by atoms with Crippen molar-refractivity contribution < 1.29 is 19.0 Å². The van der Waals surface area contributed by atoms with Gasteiger partial charge in [-0.25, -0.2) is 4.79 Å². The highest BCUT2D eigenvalue weighted by atomic mass is 16.5. The van der Waals surface area contributed by atoms with Crippen LogP contribution in [0.5, 0.6) is 17.2 Å². The first-order valence-corrected chi connectivity index (χ1v) is 17.5. The SMILES string of the molecule is C=CCCCCCCCCCCOc1ccc(C(=O)Oc2ccc(OCCCC3CCC(CCCCC)CC3)cc2)cc1. The molecule has 4 nitrogen and oxygen atoms in total. The molecule has 0 saturated heterocycles. The van der Waals surface area contributed by atoms with Crippen LogP contribution in [-0.4, -0.2) is 19.2 Å². The maximum atomic E-state index is 12.6. The van der Waals surface area contributed by atoms with Gasteiger partial charge in [0.25, 0.3) is 0 Å². The maximum Gasteiger partial charge on any atom is 0.343 e. The molecule has 4 heteroatoms. The third kappa shape index (κ3) is 15.0. The van der Waals surface area contributed by atoms with E-state index in [2.05, 4.69) is 13.5 Å². The number of hydrogen-bond donors (Lipinski definition) is 0. The predicted molar refractivity (Wildman–Crippen MR) is 179 cm³/mol. The second-order valence-electron chi connectivity index (χ2n) is 12.5. The van der Waals surface area contributed by atoms with Crippen LogP contribution in [0, 0.1) is 11.8 Å². The molecule has 0 radical (unpaired) electrons. The Morgan fingerprint density at radius 1 is 0.651 bits per heavy atom. The van der Waals surface area contributed by atoms with E-state index >= 15 is 0 Å². The zero-order valence-electron chi connectivity index (χ0n) is 27.0. The molecule has 1 aliphatic rings. The van der Waals surface area contributed by atoms with Crippen LogP contribution in [0.15, 0.2) is 61.2 Å². The minimum absolute atomic E-state index is 0.371. The van der Waals surface area contributed by atoms with Crippen molar-refractivity contribution >= 4 is 5.97 Å². The van der Waals surface area contributed by atoms with Gasteiger partial charge in [0.05, 0.1) is 18.8 Å². The van der Waals surface area contributed by atoms with Gasteiger partial charge in [-0.15, -0.1) is 6.58 Å². The van der Waals surface area contributed by atoms with Gasteiger partial charge in [-0.1, -0.05) is 103 Å². The number of carbonyl (C=O) groups excluding carboxylic acids is 1. The maximum absolute atomic E-state index is 12.6. The number of hydrogen-bond acceptors (Lipinski definition) is 4. The van der Waals surface area contributed by atoms with Crippen molar-refractivity contribution in [1.29, 1.82) is 0 Å². The second kappa shape index (κ2) is 21.9. The topological polar surface area (TPSA) is 44.8 Å². The van der Waals surface area contributed by atoms with E-state index in [1.807, 2.05) is 30.3 Å². The summed E-state index contributed by atoms with van der Waals surface area (Å²) in [5.41, 5.74) is 0.510. The molecule has 1 aliphatic carbocycles. The summed E-state index contributed by atoms with van der Waals surface area (Å²) in [5, 5.41) is 0. The molecular formula is C39H58O4. The number of benzene rings is 2. The van der Waals surface area contributed by atoms with Crippen LogP contribution < -0.4 is 14.2 Å². The normalized spacial score (nSPS) is 16.5. The Labute approximate surface area is 262 Å². The summed E-state index contributed by atoms with van der Waals surface area (Å²) in [5.74, 6) is 3.60. The van der Waals surface area contributed by atoms with E-state index in [1.54, 1.807) is 24.3 Å². The Morgan fingerprint density at radius 3 is 1.72 bits per heavy atom. The molecular weight excluding hydrogens is 532 g/mol. The summed E-state index contributed by atoms with van der Waals surface area (Å²) >= 11 is 0. The highest BCUT2D eigenvalue weighted by Crippen LogP contribution is 2.34. The largest absolute Gasteiger partial charge is 0.494 e. The van der Waals surface area contributed by atoms with E-state index in [9.17, 15) is 4.79 Å². The molecule has 2 aromatic carbocycles. The van der Waals surface area contributed by atoms with Crippen LogP contribution in [0.2, 0.25) is 0 Å². The van der Waals surface area contributed by atoms with Crippen LogP contribution in [-0.2, 0) is 0 Å². The first kappa shape index (κ1) is 34.7. The summed E-state index contributed by atoms with van der Waals surface area (Å²) in [7, 11) is 0. The smallest absolute Gasteiger partial charge is 0.343 e. The summed E-state index contributed by atoms with van der Waals surface area (Å²) in [4.78, 5) is 12.6. The fraction of sp³-hybridized carbons (Fsp3) is 0.615. The van der Waals surface area contributed by atoms with E-state index < -0.39 is 0 Å². The van der Waals surface area contributed by atoms with E-state index in [0.29, 0.717) is 17.9 Å². The molecule has 0 heterocycles. The molecule has 3 rings (SSSR count). The Balaban J connectivity index is 1.23. The monoisotopic (exact) mass is 590 g/mol. The molecule has 1 fully saturated rings. The first-order chi connectivity index (χ1) is 21.2. The third-order valence-electron chi connectivity index (χ3n) is 8.90. The van der Waals surface area contributed by atoms with Crippen molar-refractivity contribution in [3.05, 3.63) is 66.7 Å². The number of carbonyl (C=O) groups is 1. The minimum Gasteiger partial charge on any atom is -0.494 e. The molecule has 0 spiro atoms. The van der Waals surface area contributed by atoms with Gasteiger partial charge in [-0.3, -0.25) is 0 Å². The van der Waals surface area contributed by atoms with Crippen LogP contribution >= 0.6 is 0 Å². The highest BCUT2D eigenvalue weighted by molar-refractivity contribution is 5.91. The van der Waals surface area contributed by atoms with E-state index in [0.717, 1.165) is 49.2 Å². The van der Waals surface area contributed by atoms with Crippen LogP contribution in [0.1, 0.15) is 139 Å². The lowest BCUT2D eigenvalue weighted by Crippen LogP contribution is -2.15. The summed E-state index contributed by atoms with van der Waals surface area (Å²) in [6.07, 6.45) is 26.8. The van der Waals surface area contributed by atoms with Gasteiger partial charge in [-0.2, -0.15) is 0 Å². The van der Waals surface area contributed by atoms with Crippen molar-refractivity contribution in [2.24, 2.45) is 11.8 Å². The molecule has 0 aliphatic heterocycles. The lowest BCUT2D eigenvalue weighted by Gasteiger charge is -2.28. The van der Waals surface area contributed by atoms with Crippen LogP contribution in [0.25, 0.3) is 0 Å². The average Bonchev–Trinajstić information content (AvgIpc) is 3.04. The van der Waals surface area contributed by atoms with Crippen LogP contribution in [0.4, 0.5) is 0 Å².